The van der Waals surface area contributed by atoms with Crippen molar-refractivity contribution in [3.63, 3.8) is 0 Å². The van der Waals surface area contributed by atoms with Gasteiger partial charge in [-0.15, -0.1) is 0 Å². The molecule has 0 saturated heterocycles. The average molecular weight is 349 g/mol. The molecular weight excluding hydrogens is 330 g/mol. The van der Waals surface area contributed by atoms with Crippen LogP contribution in [0.25, 0.3) is 22.3 Å². The lowest BCUT2D eigenvalue weighted by Crippen LogP contribution is -2.03. The molecule has 0 aliphatic heterocycles. The zero-order valence-corrected chi connectivity index (χ0v) is 14.1. The molecule has 0 bridgehead atoms. The number of phenols is 1. The number of carboxylic acids is 1. The second-order valence-corrected chi connectivity index (χ2v) is 5.96. The van der Waals surface area contributed by atoms with Crippen LogP contribution in [-0.4, -0.2) is 26.3 Å². The van der Waals surface area contributed by atoms with Gasteiger partial charge in [-0.25, -0.2) is 0 Å². The van der Waals surface area contributed by atoms with Crippen LogP contribution in [0.15, 0.2) is 60.9 Å². The number of aliphatic hydroxyl groups excluding tert-OH is 1. The summed E-state index contributed by atoms with van der Waals surface area (Å²) in [5, 5.41) is 28.6. The molecule has 26 heavy (non-hydrogen) atoms. The molecule has 1 aromatic heterocycles. The van der Waals surface area contributed by atoms with E-state index in [2.05, 4.69) is 4.98 Å². The minimum atomic E-state index is -0.921. The summed E-state index contributed by atoms with van der Waals surface area (Å²) in [5.41, 5.74) is 4.77. The van der Waals surface area contributed by atoms with Crippen LogP contribution in [0.5, 0.6) is 5.75 Å². The third-order valence-corrected chi connectivity index (χ3v) is 4.34. The summed E-state index contributed by atoms with van der Waals surface area (Å²) < 4.78 is 0. The summed E-state index contributed by atoms with van der Waals surface area (Å²) in [7, 11) is 0. The Kier molecular flexibility index (Phi) is 5.29. The van der Waals surface area contributed by atoms with Gasteiger partial charge in [-0.2, -0.15) is 0 Å². The van der Waals surface area contributed by atoms with Crippen LogP contribution in [-0.2, 0) is 17.8 Å². The van der Waals surface area contributed by atoms with E-state index in [9.17, 15) is 15.0 Å². The van der Waals surface area contributed by atoms with Crippen molar-refractivity contribution in [3.8, 4) is 28.0 Å². The highest BCUT2D eigenvalue weighted by Gasteiger charge is 2.15. The Morgan fingerprint density at radius 1 is 0.923 bits per heavy atom. The molecule has 0 saturated carbocycles. The maximum atomic E-state index is 11.0. The van der Waals surface area contributed by atoms with Gasteiger partial charge in [0, 0.05) is 24.4 Å². The number of benzene rings is 2. The van der Waals surface area contributed by atoms with Crippen LogP contribution in [0.4, 0.5) is 0 Å². The molecule has 5 nitrogen and oxygen atoms in total. The lowest BCUT2D eigenvalue weighted by molar-refractivity contribution is -0.136. The zero-order chi connectivity index (χ0) is 18.5. The molecule has 0 radical (unpaired) electrons. The van der Waals surface area contributed by atoms with E-state index >= 15 is 0 Å². The number of aliphatic carboxylic acids is 1. The second kappa shape index (κ2) is 7.80. The molecule has 0 amide bonds. The molecule has 0 spiro atoms. The number of aliphatic hydroxyl groups is 1. The maximum absolute atomic E-state index is 11.0. The molecule has 0 unspecified atom stereocenters. The molecule has 0 atom stereocenters. The zero-order valence-electron chi connectivity index (χ0n) is 14.1. The van der Waals surface area contributed by atoms with Crippen molar-refractivity contribution in [1.29, 1.82) is 0 Å². The van der Waals surface area contributed by atoms with Gasteiger partial charge < -0.3 is 15.3 Å². The Morgan fingerprint density at radius 3 is 2.27 bits per heavy atom. The molecule has 3 N–H and O–H groups in total. The van der Waals surface area contributed by atoms with Crippen LogP contribution in [0.1, 0.15) is 17.5 Å². The summed E-state index contributed by atoms with van der Waals surface area (Å²) in [4.78, 5) is 15.1. The van der Waals surface area contributed by atoms with Crippen molar-refractivity contribution in [2.24, 2.45) is 0 Å². The van der Waals surface area contributed by atoms with Gasteiger partial charge in [0.15, 0.2) is 0 Å². The normalized spacial score (nSPS) is 10.7. The number of rotatable bonds is 6. The maximum Gasteiger partial charge on any atom is 0.303 e. The van der Waals surface area contributed by atoms with Gasteiger partial charge in [0.05, 0.1) is 6.61 Å². The molecule has 2 aromatic carbocycles. The third kappa shape index (κ3) is 3.73. The minimum Gasteiger partial charge on any atom is -0.508 e. The van der Waals surface area contributed by atoms with Crippen LogP contribution in [0.3, 0.4) is 0 Å². The van der Waals surface area contributed by atoms with Crippen molar-refractivity contribution in [1.82, 2.24) is 4.98 Å². The topological polar surface area (TPSA) is 90.7 Å². The highest BCUT2D eigenvalue weighted by atomic mass is 16.4. The smallest absolute Gasteiger partial charge is 0.303 e. The molecular formula is C21H19NO4. The van der Waals surface area contributed by atoms with E-state index in [1.54, 1.807) is 18.5 Å². The highest BCUT2D eigenvalue weighted by molar-refractivity contribution is 5.75. The van der Waals surface area contributed by atoms with Crippen molar-refractivity contribution in [2.45, 2.75) is 19.4 Å². The molecule has 0 aliphatic rings. The van der Waals surface area contributed by atoms with Gasteiger partial charge >= 0.3 is 5.97 Å². The number of pyridine rings is 1. The summed E-state index contributed by atoms with van der Waals surface area (Å²) in [6.45, 7) is -0.345. The van der Waals surface area contributed by atoms with Crippen molar-refractivity contribution >= 4 is 5.97 Å². The quantitative estimate of drug-likeness (QED) is 0.632. The molecule has 132 valence electrons. The van der Waals surface area contributed by atoms with E-state index in [4.69, 9.17) is 5.11 Å². The molecule has 1 heterocycles. The van der Waals surface area contributed by atoms with E-state index in [-0.39, 0.29) is 25.2 Å². The van der Waals surface area contributed by atoms with E-state index in [0.29, 0.717) is 11.1 Å². The predicted molar refractivity (Wildman–Crippen MR) is 98.7 cm³/mol. The number of carboxylic acid groups (broad SMARTS) is 1. The molecule has 5 heteroatoms. The Labute approximate surface area is 151 Å². The summed E-state index contributed by atoms with van der Waals surface area (Å²) in [6.07, 6.45) is 3.67. The first-order valence-electron chi connectivity index (χ1n) is 8.27. The van der Waals surface area contributed by atoms with Gasteiger partial charge in [0.25, 0.3) is 0 Å². The van der Waals surface area contributed by atoms with Crippen LogP contribution in [0.2, 0.25) is 0 Å². The van der Waals surface area contributed by atoms with Crippen LogP contribution in [0, 0.1) is 0 Å². The second-order valence-electron chi connectivity index (χ2n) is 5.96. The van der Waals surface area contributed by atoms with Crippen molar-refractivity contribution in [2.75, 3.05) is 0 Å². The van der Waals surface area contributed by atoms with Gasteiger partial charge in [0.1, 0.15) is 5.75 Å². The van der Waals surface area contributed by atoms with Crippen LogP contribution < -0.4 is 0 Å². The van der Waals surface area contributed by atoms with E-state index in [1.165, 1.54) is 6.07 Å². The van der Waals surface area contributed by atoms with E-state index in [0.717, 1.165) is 22.3 Å². The summed E-state index contributed by atoms with van der Waals surface area (Å²) >= 11 is 0. The largest absolute Gasteiger partial charge is 0.508 e. The van der Waals surface area contributed by atoms with Crippen molar-refractivity contribution < 1.29 is 20.1 Å². The van der Waals surface area contributed by atoms with E-state index in [1.807, 2.05) is 36.4 Å². The fourth-order valence-electron chi connectivity index (χ4n) is 3.02. The minimum absolute atomic E-state index is 0.0244. The monoisotopic (exact) mass is 349 g/mol. The first-order chi connectivity index (χ1) is 12.6. The van der Waals surface area contributed by atoms with E-state index < -0.39 is 5.97 Å². The Balaban J connectivity index is 2.01. The lowest BCUT2D eigenvalue weighted by Gasteiger charge is -2.15. The van der Waals surface area contributed by atoms with Crippen LogP contribution >= 0.6 is 0 Å². The predicted octanol–water partition coefficient (Wildman–Crippen LogP) is 3.63. The van der Waals surface area contributed by atoms with Gasteiger partial charge in [-0.3, -0.25) is 9.78 Å². The summed E-state index contributed by atoms with van der Waals surface area (Å²) in [5.74, 6) is -0.946. The standard InChI is InChI=1S/C21H19NO4/c23-13-19-18(8-10-21(25)26)17(7-9-20(19)24)15-5-3-14(4-6-15)16-2-1-11-22-12-16/h1-7,9,11-12,23-24H,8,10,13H2,(H,25,26). The first kappa shape index (κ1) is 17.6. The number of hydrogen-bond donors (Lipinski definition) is 3. The summed E-state index contributed by atoms with van der Waals surface area (Å²) in [6, 6.07) is 15.0. The first-order valence-corrected chi connectivity index (χ1v) is 8.27. The number of hydrogen-bond acceptors (Lipinski definition) is 4. The van der Waals surface area contributed by atoms with Gasteiger partial charge in [-0.05, 0) is 46.4 Å². The molecule has 0 aliphatic carbocycles. The molecule has 3 aromatic rings. The highest BCUT2D eigenvalue weighted by Crippen LogP contribution is 2.33. The third-order valence-electron chi connectivity index (χ3n) is 4.34. The number of nitrogens with zero attached hydrogens (tertiary/aromatic N) is 1. The van der Waals surface area contributed by atoms with Gasteiger partial charge in [0.2, 0.25) is 0 Å². The van der Waals surface area contributed by atoms with Crippen molar-refractivity contribution in [3.05, 3.63) is 72.1 Å². The lowest BCUT2D eigenvalue weighted by atomic mass is 9.91. The average Bonchev–Trinajstić information content (AvgIpc) is 2.67. The number of aromatic hydroxyl groups is 1. The number of aromatic nitrogens is 1. The SMILES string of the molecule is O=C(O)CCc1c(-c2ccc(-c3cccnc3)cc2)ccc(O)c1CO. The Hall–Kier alpha value is -3.18. The molecule has 0 fully saturated rings. The Bertz CT molecular complexity index is 905. The fraction of sp³-hybridized carbons (Fsp3) is 0.143. The van der Waals surface area contributed by atoms with Gasteiger partial charge in [-0.1, -0.05) is 36.4 Å². The number of carbonyl (C=O) groups is 1. The molecule has 3 rings (SSSR count). The fourth-order valence-corrected chi connectivity index (χ4v) is 3.02. The Morgan fingerprint density at radius 2 is 1.65 bits per heavy atom.